The average molecular weight is 276 g/mol. The molecule has 1 aliphatic rings. The van der Waals surface area contributed by atoms with Gasteiger partial charge in [0.05, 0.1) is 0 Å². The summed E-state index contributed by atoms with van der Waals surface area (Å²) in [4.78, 5) is 9.33. The van der Waals surface area contributed by atoms with Crippen LogP contribution in [-0.4, -0.2) is 49.2 Å². The summed E-state index contributed by atoms with van der Waals surface area (Å²) in [6, 6.07) is 4.52. The van der Waals surface area contributed by atoms with Crippen LogP contribution < -0.4 is 10.6 Å². The maximum Gasteiger partial charge on any atom is 0.128 e. The minimum absolute atomic E-state index is 0.246. The van der Waals surface area contributed by atoms with Gasteiger partial charge in [0.2, 0.25) is 0 Å². The number of anilines is 1. The minimum atomic E-state index is 0.246. The van der Waals surface area contributed by atoms with Crippen molar-refractivity contribution >= 4 is 5.82 Å². The first-order valence-corrected chi connectivity index (χ1v) is 7.83. The molecule has 0 amide bonds. The Labute approximate surface area is 123 Å². The van der Waals surface area contributed by atoms with E-state index in [0.717, 1.165) is 31.7 Å². The number of hydrogen-bond acceptors (Lipinski definition) is 4. The van der Waals surface area contributed by atoms with Gasteiger partial charge >= 0.3 is 0 Å². The van der Waals surface area contributed by atoms with Gasteiger partial charge in [-0.3, -0.25) is 0 Å². The Kier molecular flexibility index (Phi) is 5.80. The molecule has 0 aromatic carbocycles. The Morgan fingerprint density at radius 1 is 1.35 bits per heavy atom. The normalized spacial score (nSPS) is 17.4. The van der Waals surface area contributed by atoms with Crippen LogP contribution in [0.15, 0.2) is 18.3 Å². The number of likely N-dealkylation sites (tertiary alicyclic amines) is 1. The zero-order valence-corrected chi connectivity index (χ0v) is 12.9. The standard InChI is InChI=1S/C16H28N4/c1-3-15(17)12-14-6-7-16(18-13-14)19(2)10-11-20-8-4-5-9-20/h6-7,13,15H,3-5,8-12,17H2,1-2H3. The highest BCUT2D eigenvalue weighted by atomic mass is 15.2. The van der Waals surface area contributed by atoms with Crippen LogP contribution in [0, 0.1) is 0 Å². The predicted molar refractivity (Wildman–Crippen MR) is 85.2 cm³/mol. The Morgan fingerprint density at radius 2 is 2.10 bits per heavy atom. The lowest BCUT2D eigenvalue weighted by Crippen LogP contribution is -2.31. The number of pyridine rings is 1. The molecule has 4 heteroatoms. The highest BCUT2D eigenvalue weighted by Gasteiger charge is 2.12. The number of aromatic nitrogens is 1. The lowest BCUT2D eigenvalue weighted by molar-refractivity contribution is 0.346. The second-order valence-corrected chi connectivity index (χ2v) is 5.87. The van der Waals surface area contributed by atoms with Gasteiger partial charge in [0, 0.05) is 32.4 Å². The van der Waals surface area contributed by atoms with E-state index in [1.54, 1.807) is 0 Å². The van der Waals surface area contributed by atoms with E-state index in [4.69, 9.17) is 5.73 Å². The zero-order valence-electron chi connectivity index (χ0n) is 12.9. The highest BCUT2D eigenvalue weighted by Crippen LogP contribution is 2.12. The summed E-state index contributed by atoms with van der Waals surface area (Å²) < 4.78 is 0. The maximum absolute atomic E-state index is 5.98. The molecular formula is C16H28N4. The first-order chi connectivity index (χ1) is 9.69. The number of nitrogens with zero attached hydrogens (tertiary/aromatic N) is 3. The van der Waals surface area contributed by atoms with Gasteiger partial charge in [0.15, 0.2) is 0 Å². The molecule has 1 aromatic rings. The van der Waals surface area contributed by atoms with Crippen LogP contribution in [0.25, 0.3) is 0 Å². The first-order valence-electron chi connectivity index (χ1n) is 7.83. The van der Waals surface area contributed by atoms with E-state index in [1.807, 2.05) is 6.20 Å². The van der Waals surface area contributed by atoms with Gasteiger partial charge in [0.25, 0.3) is 0 Å². The van der Waals surface area contributed by atoms with Gasteiger partial charge in [-0.15, -0.1) is 0 Å². The van der Waals surface area contributed by atoms with E-state index in [-0.39, 0.29) is 6.04 Å². The van der Waals surface area contributed by atoms with Crippen LogP contribution in [0.5, 0.6) is 0 Å². The fraction of sp³-hybridized carbons (Fsp3) is 0.688. The number of nitrogens with two attached hydrogens (primary N) is 1. The molecule has 1 atom stereocenters. The third-order valence-electron chi connectivity index (χ3n) is 4.17. The molecule has 1 saturated heterocycles. The van der Waals surface area contributed by atoms with Crippen LogP contribution in [-0.2, 0) is 6.42 Å². The van der Waals surface area contributed by atoms with Crippen molar-refractivity contribution in [1.82, 2.24) is 9.88 Å². The van der Waals surface area contributed by atoms with Gasteiger partial charge < -0.3 is 15.5 Å². The molecule has 2 heterocycles. The largest absolute Gasteiger partial charge is 0.358 e. The van der Waals surface area contributed by atoms with Gasteiger partial charge in [-0.25, -0.2) is 4.98 Å². The van der Waals surface area contributed by atoms with Crippen molar-refractivity contribution in [3.05, 3.63) is 23.9 Å². The second kappa shape index (κ2) is 7.60. The minimum Gasteiger partial charge on any atom is -0.358 e. The quantitative estimate of drug-likeness (QED) is 0.826. The summed E-state index contributed by atoms with van der Waals surface area (Å²) in [6.07, 6.45) is 6.61. The summed E-state index contributed by atoms with van der Waals surface area (Å²) in [5.41, 5.74) is 7.21. The van der Waals surface area contributed by atoms with Gasteiger partial charge in [-0.2, -0.15) is 0 Å². The molecule has 1 aromatic heterocycles. The Morgan fingerprint density at radius 3 is 2.70 bits per heavy atom. The van der Waals surface area contributed by atoms with Crippen molar-refractivity contribution in [1.29, 1.82) is 0 Å². The molecule has 0 aliphatic carbocycles. The molecule has 4 nitrogen and oxygen atoms in total. The summed E-state index contributed by atoms with van der Waals surface area (Å²) >= 11 is 0. The van der Waals surface area contributed by atoms with E-state index < -0.39 is 0 Å². The molecule has 1 unspecified atom stereocenters. The molecule has 2 N–H and O–H groups in total. The molecule has 0 spiro atoms. The van der Waals surface area contributed by atoms with E-state index in [1.165, 1.54) is 31.5 Å². The lowest BCUT2D eigenvalue weighted by atomic mass is 10.1. The summed E-state index contributed by atoms with van der Waals surface area (Å²) in [5, 5.41) is 0. The van der Waals surface area contributed by atoms with Gasteiger partial charge in [-0.1, -0.05) is 13.0 Å². The van der Waals surface area contributed by atoms with Gasteiger partial charge in [0.1, 0.15) is 5.82 Å². The van der Waals surface area contributed by atoms with E-state index >= 15 is 0 Å². The monoisotopic (exact) mass is 276 g/mol. The lowest BCUT2D eigenvalue weighted by Gasteiger charge is -2.22. The number of hydrogen-bond donors (Lipinski definition) is 1. The Hall–Kier alpha value is -1.13. The van der Waals surface area contributed by atoms with Crippen LogP contribution in [0.2, 0.25) is 0 Å². The number of rotatable bonds is 7. The van der Waals surface area contributed by atoms with Crippen LogP contribution in [0.4, 0.5) is 5.82 Å². The van der Waals surface area contributed by atoms with Crippen LogP contribution >= 0.6 is 0 Å². The molecule has 1 fully saturated rings. The molecule has 0 radical (unpaired) electrons. The topological polar surface area (TPSA) is 45.4 Å². The Balaban J connectivity index is 1.81. The van der Waals surface area contributed by atoms with Crippen LogP contribution in [0.3, 0.4) is 0 Å². The summed E-state index contributed by atoms with van der Waals surface area (Å²) in [7, 11) is 2.12. The number of likely N-dealkylation sites (N-methyl/N-ethyl adjacent to an activating group) is 1. The van der Waals surface area contributed by atoms with E-state index in [2.05, 4.69) is 40.9 Å². The van der Waals surface area contributed by atoms with Crippen molar-refractivity contribution < 1.29 is 0 Å². The van der Waals surface area contributed by atoms with E-state index in [9.17, 15) is 0 Å². The molecular weight excluding hydrogens is 248 g/mol. The molecule has 0 saturated carbocycles. The van der Waals surface area contributed by atoms with Crippen molar-refractivity contribution in [3.63, 3.8) is 0 Å². The highest BCUT2D eigenvalue weighted by molar-refractivity contribution is 5.38. The summed E-state index contributed by atoms with van der Waals surface area (Å²) in [6.45, 7) is 6.82. The first kappa shape index (κ1) is 15.3. The van der Waals surface area contributed by atoms with Crippen molar-refractivity contribution in [2.75, 3.05) is 38.1 Å². The van der Waals surface area contributed by atoms with Crippen molar-refractivity contribution in [2.45, 2.75) is 38.6 Å². The fourth-order valence-electron chi connectivity index (χ4n) is 2.62. The van der Waals surface area contributed by atoms with Crippen molar-refractivity contribution in [2.24, 2.45) is 5.73 Å². The Bertz CT molecular complexity index is 384. The van der Waals surface area contributed by atoms with Gasteiger partial charge in [-0.05, 0) is 50.4 Å². The van der Waals surface area contributed by atoms with E-state index in [0.29, 0.717) is 0 Å². The maximum atomic E-state index is 5.98. The third kappa shape index (κ3) is 4.46. The molecule has 0 bridgehead atoms. The fourth-order valence-corrected chi connectivity index (χ4v) is 2.62. The zero-order chi connectivity index (χ0) is 14.4. The second-order valence-electron chi connectivity index (χ2n) is 5.87. The molecule has 20 heavy (non-hydrogen) atoms. The van der Waals surface area contributed by atoms with Crippen molar-refractivity contribution in [3.8, 4) is 0 Å². The SMILES string of the molecule is CCC(N)Cc1ccc(N(C)CCN2CCCC2)nc1. The van der Waals surface area contributed by atoms with Crippen LogP contribution in [0.1, 0.15) is 31.7 Å². The molecule has 112 valence electrons. The predicted octanol–water partition coefficient (Wildman–Crippen LogP) is 1.89. The smallest absolute Gasteiger partial charge is 0.128 e. The molecule has 2 rings (SSSR count). The third-order valence-corrected chi connectivity index (χ3v) is 4.17. The molecule has 1 aliphatic heterocycles. The summed E-state index contributed by atoms with van der Waals surface area (Å²) in [5.74, 6) is 1.05. The average Bonchev–Trinajstić information content (AvgIpc) is 2.98.